The summed E-state index contributed by atoms with van der Waals surface area (Å²) in [5.41, 5.74) is 18.4. The molecule has 2 N–H and O–H groups in total. The molecule has 0 fully saturated rings. The second-order valence-electron chi connectivity index (χ2n) is 10.7. The summed E-state index contributed by atoms with van der Waals surface area (Å²) in [4.78, 5) is 8.20. The standard InChI is InChI=1S/C23H19NO.C16H14N2O/c1-17-7-10-21(23-24-13-14-25-23)16-22(17)20-11-8-19(9-12-20)15-18-5-3-2-4-6-18;1-11-2-3-13(16-9-18-10-19-16)8-15(11)12-4-6-14(17)7-5-12/h2-14,16H,15H2,1H3;2-10H,17H2,1H3. The molecule has 0 bridgehead atoms. The summed E-state index contributed by atoms with van der Waals surface area (Å²) >= 11 is 0. The number of anilines is 1. The lowest BCUT2D eigenvalue weighted by Gasteiger charge is -2.09. The third-order valence-corrected chi connectivity index (χ3v) is 7.61. The van der Waals surface area contributed by atoms with Crippen molar-refractivity contribution in [1.82, 2.24) is 9.97 Å². The molecule has 5 nitrogen and oxygen atoms in total. The third kappa shape index (κ3) is 6.69. The van der Waals surface area contributed by atoms with E-state index in [2.05, 4.69) is 109 Å². The molecule has 0 radical (unpaired) electrons. The van der Waals surface area contributed by atoms with E-state index in [1.807, 2.05) is 30.3 Å². The number of aryl methyl sites for hydroxylation is 2. The molecule has 2 heterocycles. The molecule has 0 atom stereocenters. The number of nitrogens with two attached hydrogens (primary N) is 1. The zero-order valence-electron chi connectivity index (χ0n) is 24.8. The molecule has 0 aliphatic rings. The van der Waals surface area contributed by atoms with Gasteiger partial charge < -0.3 is 14.6 Å². The van der Waals surface area contributed by atoms with Crippen LogP contribution in [0, 0.1) is 13.8 Å². The Morgan fingerprint density at radius 3 is 1.82 bits per heavy atom. The van der Waals surface area contributed by atoms with Crippen molar-refractivity contribution in [1.29, 1.82) is 0 Å². The van der Waals surface area contributed by atoms with Gasteiger partial charge in [0.05, 0.1) is 12.4 Å². The van der Waals surface area contributed by atoms with E-state index in [9.17, 15) is 0 Å². The first-order valence-corrected chi connectivity index (χ1v) is 14.5. The molecule has 2 aromatic heterocycles. The average molecular weight is 576 g/mol. The molecule has 0 aliphatic heterocycles. The van der Waals surface area contributed by atoms with Crippen LogP contribution in [0.1, 0.15) is 22.3 Å². The quantitative estimate of drug-likeness (QED) is 0.200. The summed E-state index contributed by atoms with van der Waals surface area (Å²) < 4.78 is 10.8. The molecular weight excluding hydrogens is 542 g/mol. The maximum absolute atomic E-state index is 5.73. The van der Waals surface area contributed by atoms with Gasteiger partial charge in [0, 0.05) is 16.8 Å². The highest BCUT2D eigenvalue weighted by Crippen LogP contribution is 2.31. The van der Waals surface area contributed by atoms with Gasteiger partial charge in [-0.15, -0.1) is 0 Å². The Morgan fingerprint density at radius 2 is 1.20 bits per heavy atom. The number of oxazole rings is 2. The molecule has 0 unspecified atom stereocenters. The van der Waals surface area contributed by atoms with Crippen LogP contribution in [-0.2, 0) is 6.42 Å². The fourth-order valence-electron chi connectivity index (χ4n) is 5.17. The number of nitrogen functional groups attached to an aromatic ring is 1. The van der Waals surface area contributed by atoms with E-state index >= 15 is 0 Å². The van der Waals surface area contributed by atoms with Crippen molar-refractivity contribution < 1.29 is 8.83 Å². The van der Waals surface area contributed by atoms with Gasteiger partial charge in [-0.05, 0) is 95.1 Å². The number of nitrogens with zero attached hydrogens (tertiary/aromatic N) is 2. The first kappa shape index (κ1) is 28.4. The van der Waals surface area contributed by atoms with E-state index < -0.39 is 0 Å². The topological polar surface area (TPSA) is 78.1 Å². The van der Waals surface area contributed by atoms with Gasteiger partial charge in [0.2, 0.25) is 5.89 Å². The van der Waals surface area contributed by atoms with Crippen molar-refractivity contribution in [3.63, 3.8) is 0 Å². The molecule has 5 heteroatoms. The van der Waals surface area contributed by atoms with Crippen LogP contribution in [0.5, 0.6) is 0 Å². The van der Waals surface area contributed by atoms with Crippen molar-refractivity contribution in [3.8, 4) is 45.0 Å². The van der Waals surface area contributed by atoms with Crippen molar-refractivity contribution >= 4 is 5.69 Å². The minimum atomic E-state index is 0.655. The number of hydrogen-bond acceptors (Lipinski definition) is 5. The van der Waals surface area contributed by atoms with Gasteiger partial charge in [0.15, 0.2) is 12.2 Å². The Balaban J connectivity index is 0.000000162. The van der Waals surface area contributed by atoms with E-state index in [1.54, 1.807) is 18.7 Å². The second kappa shape index (κ2) is 13.1. The highest BCUT2D eigenvalue weighted by atomic mass is 16.3. The van der Waals surface area contributed by atoms with E-state index in [4.69, 9.17) is 14.6 Å². The molecule has 7 aromatic rings. The van der Waals surface area contributed by atoms with E-state index in [0.717, 1.165) is 34.6 Å². The first-order chi connectivity index (χ1) is 21.5. The summed E-state index contributed by atoms with van der Waals surface area (Å²) in [5, 5.41) is 0. The zero-order chi connectivity index (χ0) is 30.3. The van der Waals surface area contributed by atoms with Gasteiger partial charge >= 0.3 is 0 Å². The Morgan fingerprint density at radius 1 is 0.614 bits per heavy atom. The fourth-order valence-corrected chi connectivity index (χ4v) is 5.17. The largest absolute Gasteiger partial charge is 0.445 e. The van der Waals surface area contributed by atoms with Crippen molar-refractivity contribution in [3.05, 3.63) is 163 Å². The third-order valence-electron chi connectivity index (χ3n) is 7.61. The smallest absolute Gasteiger partial charge is 0.225 e. The summed E-state index contributed by atoms with van der Waals surface area (Å²) in [6.45, 7) is 4.22. The van der Waals surface area contributed by atoms with Crippen molar-refractivity contribution in [2.45, 2.75) is 20.3 Å². The van der Waals surface area contributed by atoms with E-state index in [1.165, 1.54) is 45.3 Å². The maximum atomic E-state index is 5.73. The normalized spacial score (nSPS) is 10.7. The number of benzene rings is 5. The van der Waals surface area contributed by atoms with Crippen LogP contribution < -0.4 is 5.73 Å². The molecule has 0 saturated heterocycles. The lowest BCUT2D eigenvalue weighted by atomic mass is 9.96. The minimum absolute atomic E-state index is 0.655. The fraction of sp³-hybridized carbons (Fsp3) is 0.0769. The van der Waals surface area contributed by atoms with Crippen LogP contribution in [0.4, 0.5) is 5.69 Å². The highest BCUT2D eigenvalue weighted by molar-refractivity contribution is 5.75. The Kier molecular flexibility index (Phi) is 8.46. The summed E-state index contributed by atoms with van der Waals surface area (Å²) in [6, 6.07) is 39.8. The molecule has 0 saturated carbocycles. The minimum Gasteiger partial charge on any atom is -0.445 e. The number of hydrogen-bond donors (Lipinski definition) is 1. The van der Waals surface area contributed by atoms with Gasteiger partial charge in [-0.25, -0.2) is 9.97 Å². The first-order valence-electron chi connectivity index (χ1n) is 14.5. The van der Waals surface area contributed by atoms with Crippen molar-refractivity contribution in [2.75, 3.05) is 5.73 Å². The predicted molar refractivity (Wildman–Crippen MR) is 178 cm³/mol. The molecule has 7 rings (SSSR count). The predicted octanol–water partition coefficient (Wildman–Crippen LogP) is 9.81. The van der Waals surface area contributed by atoms with Crippen LogP contribution in [-0.4, -0.2) is 9.97 Å². The molecule has 0 aliphatic carbocycles. The average Bonchev–Trinajstić information content (AvgIpc) is 3.79. The monoisotopic (exact) mass is 575 g/mol. The van der Waals surface area contributed by atoms with Crippen LogP contribution in [0.25, 0.3) is 45.0 Å². The highest BCUT2D eigenvalue weighted by Gasteiger charge is 2.09. The van der Waals surface area contributed by atoms with Crippen molar-refractivity contribution in [2.24, 2.45) is 0 Å². The lowest BCUT2D eigenvalue weighted by Crippen LogP contribution is -1.89. The van der Waals surface area contributed by atoms with Gasteiger partial charge in [0.25, 0.3) is 0 Å². The van der Waals surface area contributed by atoms with Crippen LogP contribution in [0.15, 0.2) is 149 Å². The summed E-state index contributed by atoms with van der Waals surface area (Å²) in [6.07, 6.45) is 7.40. The molecule has 44 heavy (non-hydrogen) atoms. The Labute approximate surface area is 257 Å². The molecular formula is C39H33N3O2. The Bertz CT molecular complexity index is 1930. The lowest BCUT2D eigenvalue weighted by molar-refractivity contribution is 0.572. The van der Waals surface area contributed by atoms with E-state index in [0.29, 0.717) is 5.89 Å². The number of rotatable bonds is 6. The number of aromatic nitrogens is 2. The molecule has 216 valence electrons. The van der Waals surface area contributed by atoms with Crippen LogP contribution >= 0.6 is 0 Å². The van der Waals surface area contributed by atoms with E-state index in [-0.39, 0.29) is 0 Å². The summed E-state index contributed by atoms with van der Waals surface area (Å²) in [7, 11) is 0. The second-order valence-corrected chi connectivity index (χ2v) is 10.7. The molecule has 0 spiro atoms. The molecule has 0 amide bonds. The SMILES string of the molecule is Cc1ccc(-c2cnco2)cc1-c1ccc(N)cc1.Cc1ccc(-c2ncco2)cc1-c1ccc(Cc2ccccc2)cc1. The van der Waals surface area contributed by atoms with Crippen LogP contribution in [0.2, 0.25) is 0 Å². The van der Waals surface area contributed by atoms with Gasteiger partial charge in [-0.2, -0.15) is 0 Å². The van der Waals surface area contributed by atoms with Crippen LogP contribution in [0.3, 0.4) is 0 Å². The van der Waals surface area contributed by atoms with Gasteiger partial charge in [0.1, 0.15) is 6.26 Å². The summed E-state index contributed by atoms with van der Waals surface area (Å²) in [5.74, 6) is 1.43. The van der Waals surface area contributed by atoms with Gasteiger partial charge in [-0.3, -0.25) is 0 Å². The Hall–Kier alpha value is -5.68. The maximum Gasteiger partial charge on any atom is 0.225 e. The molecule has 5 aromatic carbocycles. The zero-order valence-corrected chi connectivity index (χ0v) is 24.8. The van der Waals surface area contributed by atoms with Gasteiger partial charge in [-0.1, -0.05) is 84.9 Å².